The van der Waals surface area contributed by atoms with Gasteiger partial charge in [-0.3, -0.25) is 0 Å². The number of ether oxygens (including phenoxy) is 2. The molecule has 3 rings (SSSR count). The summed E-state index contributed by atoms with van der Waals surface area (Å²) in [5.41, 5.74) is 3.59. The normalized spacial score (nSPS) is 10.7. The molecule has 32 heavy (non-hydrogen) atoms. The molecule has 0 aliphatic rings. The number of hydrogen-bond donors (Lipinski definition) is 1. The number of hydrogen-bond acceptors (Lipinski definition) is 3. The summed E-state index contributed by atoms with van der Waals surface area (Å²) in [4.78, 5) is 10.9. The summed E-state index contributed by atoms with van der Waals surface area (Å²) < 4.78 is 11.6. The predicted octanol–water partition coefficient (Wildman–Crippen LogP) is 7.37. The zero-order valence-corrected chi connectivity index (χ0v) is 18.8. The Labute approximate surface area is 190 Å². The number of carbonyl (C=O) groups is 1. The Morgan fingerprint density at radius 3 is 1.84 bits per heavy atom. The van der Waals surface area contributed by atoms with E-state index >= 15 is 0 Å². The first kappa shape index (κ1) is 23.4. The van der Waals surface area contributed by atoms with Crippen LogP contribution in [0.5, 0.6) is 11.5 Å². The van der Waals surface area contributed by atoms with Crippen molar-refractivity contribution in [2.45, 2.75) is 52.1 Å². The maximum Gasteiger partial charge on any atom is 0.335 e. The van der Waals surface area contributed by atoms with Gasteiger partial charge in [-0.2, -0.15) is 0 Å². The predicted molar refractivity (Wildman–Crippen MR) is 128 cm³/mol. The number of carboxylic acids is 1. The van der Waals surface area contributed by atoms with Gasteiger partial charge < -0.3 is 14.6 Å². The highest BCUT2D eigenvalue weighted by Crippen LogP contribution is 2.24. The van der Waals surface area contributed by atoms with Crippen LogP contribution >= 0.6 is 0 Å². The van der Waals surface area contributed by atoms with E-state index in [-0.39, 0.29) is 5.56 Å². The molecule has 0 aliphatic carbocycles. The second-order valence-corrected chi connectivity index (χ2v) is 7.96. The smallest absolute Gasteiger partial charge is 0.335 e. The molecule has 0 atom stereocenters. The molecule has 0 heterocycles. The van der Waals surface area contributed by atoms with Crippen LogP contribution < -0.4 is 9.47 Å². The topological polar surface area (TPSA) is 55.8 Å². The molecule has 0 amide bonds. The van der Waals surface area contributed by atoms with E-state index < -0.39 is 5.97 Å². The van der Waals surface area contributed by atoms with Crippen molar-refractivity contribution >= 4 is 5.97 Å². The average molecular weight is 433 g/mol. The first-order valence-corrected chi connectivity index (χ1v) is 11.4. The lowest BCUT2D eigenvalue weighted by Gasteiger charge is -2.09. The van der Waals surface area contributed by atoms with Crippen LogP contribution in [0.4, 0.5) is 0 Å². The zero-order valence-electron chi connectivity index (χ0n) is 18.8. The molecule has 0 spiro atoms. The van der Waals surface area contributed by atoms with Crippen LogP contribution in [0.1, 0.15) is 61.4 Å². The first-order chi connectivity index (χ1) is 15.7. The minimum Gasteiger partial charge on any atom is -0.494 e. The van der Waals surface area contributed by atoms with Crippen LogP contribution in [-0.2, 0) is 6.61 Å². The van der Waals surface area contributed by atoms with Crippen LogP contribution in [0.15, 0.2) is 72.8 Å². The van der Waals surface area contributed by atoms with Crippen LogP contribution in [0.3, 0.4) is 0 Å². The third-order valence-corrected chi connectivity index (χ3v) is 5.41. The van der Waals surface area contributed by atoms with Gasteiger partial charge in [0.2, 0.25) is 0 Å². The van der Waals surface area contributed by atoms with Gasteiger partial charge in [-0.25, -0.2) is 4.79 Å². The molecule has 0 saturated heterocycles. The van der Waals surface area contributed by atoms with Crippen LogP contribution in [0.2, 0.25) is 0 Å². The zero-order chi connectivity index (χ0) is 22.6. The summed E-state index contributed by atoms with van der Waals surface area (Å²) in [5, 5.41) is 8.95. The summed E-state index contributed by atoms with van der Waals surface area (Å²) >= 11 is 0. The van der Waals surface area contributed by atoms with Crippen molar-refractivity contribution in [3.05, 3.63) is 83.9 Å². The molecule has 0 aromatic heterocycles. The monoisotopic (exact) mass is 432 g/mol. The minimum absolute atomic E-state index is 0.250. The fourth-order valence-electron chi connectivity index (χ4n) is 3.47. The maximum atomic E-state index is 10.9. The van der Waals surface area contributed by atoms with Gasteiger partial charge in [0.1, 0.15) is 18.1 Å². The Hall–Kier alpha value is -3.27. The molecule has 4 heteroatoms. The maximum absolute atomic E-state index is 10.9. The van der Waals surface area contributed by atoms with E-state index in [1.165, 1.54) is 32.1 Å². The SMILES string of the molecule is CCCCCCCCOc1ccc(-c2ccc(COc3ccc(C(=O)O)cc3)cc2)cc1. The molecule has 4 nitrogen and oxygen atoms in total. The van der Waals surface area contributed by atoms with Crippen LogP contribution in [0.25, 0.3) is 11.1 Å². The van der Waals surface area contributed by atoms with Crippen molar-refractivity contribution in [2.75, 3.05) is 6.61 Å². The third-order valence-electron chi connectivity index (χ3n) is 5.41. The largest absolute Gasteiger partial charge is 0.494 e. The summed E-state index contributed by atoms with van der Waals surface area (Å²) in [5.74, 6) is 0.626. The van der Waals surface area contributed by atoms with E-state index in [1.807, 2.05) is 24.3 Å². The number of carboxylic acid groups (broad SMARTS) is 1. The van der Waals surface area contributed by atoms with Crippen molar-refractivity contribution in [3.8, 4) is 22.6 Å². The fourth-order valence-corrected chi connectivity index (χ4v) is 3.47. The second-order valence-electron chi connectivity index (χ2n) is 7.96. The molecule has 0 fully saturated rings. The fraction of sp³-hybridized carbons (Fsp3) is 0.321. The van der Waals surface area contributed by atoms with E-state index in [0.29, 0.717) is 12.4 Å². The van der Waals surface area contributed by atoms with Gasteiger partial charge in [-0.1, -0.05) is 75.4 Å². The van der Waals surface area contributed by atoms with Gasteiger partial charge in [-0.05, 0) is 59.5 Å². The molecule has 1 N–H and O–H groups in total. The van der Waals surface area contributed by atoms with Gasteiger partial charge in [-0.15, -0.1) is 0 Å². The first-order valence-electron chi connectivity index (χ1n) is 11.4. The Kier molecular flexibility index (Phi) is 9.18. The molecular weight excluding hydrogens is 400 g/mol. The van der Waals surface area contributed by atoms with Crippen molar-refractivity contribution in [1.82, 2.24) is 0 Å². The number of aromatic carboxylic acids is 1. The number of unbranched alkanes of at least 4 members (excludes halogenated alkanes) is 5. The van der Waals surface area contributed by atoms with E-state index in [4.69, 9.17) is 14.6 Å². The molecule has 168 valence electrons. The summed E-state index contributed by atoms with van der Waals surface area (Å²) in [6, 6.07) is 22.9. The molecule has 3 aromatic carbocycles. The molecule has 0 saturated carbocycles. The van der Waals surface area contributed by atoms with Crippen molar-refractivity contribution in [2.24, 2.45) is 0 Å². The Bertz CT molecular complexity index is 944. The summed E-state index contributed by atoms with van der Waals surface area (Å²) in [7, 11) is 0. The third kappa shape index (κ3) is 7.45. The van der Waals surface area contributed by atoms with Gasteiger partial charge >= 0.3 is 5.97 Å². The highest BCUT2D eigenvalue weighted by Gasteiger charge is 2.04. The molecular formula is C28H32O4. The molecule has 3 aromatic rings. The number of rotatable bonds is 13. The Morgan fingerprint density at radius 2 is 1.22 bits per heavy atom. The lowest BCUT2D eigenvalue weighted by Crippen LogP contribution is -1.98. The number of benzene rings is 3. The molecule has 0 bridgehead atoms. The highest BCUT2D eigenvalue weighted by atomic mass is 16.5. The average Bonchev–Trinajstić information content (AvgIpc) is 2.83. The van der Waals surface area contributed by atoms with Crippen LogP contribution in [-0.4, -0.2) is 17.7 Å². The van der Waals surface area contributed by atoms with Gasteiger partial charge in [0.25, 0.3) is 0 Å². The van der Waals surface area contributed by atoms with Crippen LogP contribution in [0, 0.1) is 0 Å². The standard InChI is InChI=1S/C28H32O4/c1-2-3-4-5-6-7-20-31-26-16-12-24(13-17-26)23-10-8-22(9-11-23)21-32-27-18-14-25(15-19-27)28(29)30/h8-19H,2-7,20-21H2,1H3,(H,29,30). The summed E-state index contributed by atoms with van der Waals surface area (Å²) in [6.45, 7) is 3.44. The van der Waals surface area contributed by atoms with E-state index in [2.05, 4.69) is 31.2 Å². The molecule has 0 aliphatic heterocycles. The quantitative estimate of drug-likeness (QED) is 0.286. The summed E-state index contributed by atoms with van der Waals surface area (Å²) in [6.07, 6.45) is 7.59. The second kappa shape index (κ2) is 12.6. The van der Waals surface area contributed by atoms with E-state index in [9.17, 15) is 4.79 Å². The van der Waals surface area contributed by atoms with Gasteiger partial charge in [0.15, 0.2) is 0 Å². The minimum atomic E-state index is -0.940. The van der Waals surface area contributed by atoms with E-state index in [0.717, 1.165) is 35.5 Å². The van der Waals surface area contributed by atoms with Gasteiger partial charge in [0.05, 0.1) is 12.2 Å². The molecule has 0 unspecified atom stereocenters. The van der Waals surface area contributed by atoms with Crippen molar-refractivity contribution in [1.29, 1.82) is 0 Å². The lowest BCUT2D eigenvalue weighted by atomic mass is 10.0. The van der Waals surface area contributed by atoms with E-state index in [1.54, 1.807) is 24.3 Å². The van der Waals surface area contributed by atoms with Crippen molar-refractivity contribution < 1.29 is 19.4 Å². The molecule has 0 radical (unpaired) electrons. The highest BCUT2D eigenvalue weighted by molar-refractivity contribution is 5.87. The van der Waals surface area contributed by atoms with Gasteiger partial charge in [0, 0.05) is 0 Å². The Morgan fingerprint density at radius 1 is 0.688 bits per heavy atom. The van der Waals surface area contributed by atoms with Crippen molar-refractivity contribution in [3.63, 3.8) is 0 Å². The Balaban J connectivity index is 1.44. The lowest BCUT2D eigenvalue weighted by molar-refractivity contribution is 0.0697.